The average molecular weight is 362 g/mol. The zero-order chi connectivity index (χ0) is 18.5. The van der Waals surface area contributed by atoms with Gasteiger partial charge in [0.1, 0.15) is 5.82 Å². The number of ether oxygens (including phenoxy) is 2. The number of anilines is 3. The largest absolute Gasteiger partial charge is 0.454 e. The third-order valence-electron chi connectivity index (χ3n) is 4.25. The summed E-state index contributed by atoms with van der Waals surface area (Å²) in [6.45, 7) is 3.27. The van der Waals surface area contributed by atoms with Crippen molar-refractivity contribution in [2.24, 2.45) is 0 Å². The summed E-state index contributed by atoms with van der Waals surface area (Å²) < 4.78 is 10.8. The van der Waals surface area contributed by atoms with Gasteiger partial charge in [-0.1, -0.05) is 43.7 Å². The highest BCUT2D eigenvalue weighted by Crippen LogP contribution is 2.35. The first kappa shape index (κ1) is 17.1. The van der Waals surface area contributed by atoms with Crippen LogP contribution in [0.25, 0.3) is 11.3 Å². The van der Waals surface area contributed by atoms with Gasteiger partial charge in [0, 0.05) is 29.9 Å². The van der Waals surface area contributed by atoms with Gasteiger partial charge >= 0.3 is 0 Å². The van der Waals surface area contributed by atoms with Crippen LogP contribution >= 0.6 is 0 Å². The van der Waals surface area contributed by atoms with E-state index in [9.17, 15) is 0 Å². The lowest BCUT2D eigenvalue weighted by Gasteiger charge is -2.12. The van der Waals surface area contributed by atoms with Gasteiger partial charge in [-0.3, -0.25) is 0 Å². The molecule has 0 bridgehead atoms. The maximum absolute atomic E-state index is 5.45. The number of hydrogen-bond donors (Lipinski definition) is 2. The van der Waals surface area contributed by atoms with E-state index >= 15 is 0 Å². The Bertz CT molecular complexity index is 915. The molecule has 2 heterocycles. The molecular formula is C21H22N4O2. The molecule has 0 spiro atoms. The standard InChI is InChI=1S/C21H22N4O2/c1-2-3-11-22-21-24-17(15-7-5-4-6-8-15)13-20(25-21)23-16-9-10-18-19(12-16)27-14-26-18/h4-10,12-13H,2-3,11,14H2,1H3,(H2,22,23,24,25). The SMILES string of the molecule is CCCCNc1nc(Nc2ccc3c(c2)OCO3)cc(-c2ccccc2)n1. The fourth-order valence-corrected chi connectivity index (χ4v) is 2.85. The summed E-state index contributed by atoms with van der Waals surface area (Å²) in [6.07, 6.45) is 2.19. The third kappa shape index (κ3) is 4.11. The smallest absolute Gasteiger partial charge is 0.231 e. The Kier molecular flexibility index (Phi) is 5.05. The second-order valence-corrected chi connectivity index (χ2v) is 6.30. The van der Waals surface area contributed by atoms with Crippen molar-refractivity contribution in [2.75, 3.05) is 24.0 Å². The van der Waals surface area contributed by atoms with Crippen molar-refractivity contribution in [1.29, 1.82) is 0 Å². The lowest BCUT2D eigenvalue weighted by molar-refractivity contribution is 0.174. The highest BCUT2D eigenvalue weighted by molar-refractivity contribution is 5.68. The minimum Gasteiger partial charge on any atom is -0.454 e. The number of unbranched alkanes of at least 4 members (excludes halogenated alkanes) is 1. The molecule has 4 rings (SSSR count). The van der Waals surface area contributed by atoms with Crippen LogP contribution in [0.15, 0.2) is 54.6 Å². The fraction of sp³-hybridized carbons (Fsp3) is 0.238. The predicted molar refractivity (Wildman–Crippen MR) is 107 cm³/mol. The number of rotatable bonds is 7. The van der Waals surface area contributed by atoms with Crippen LogP contribution in [-0.2, 0) is 0 Å². The highest BCUT2D eigenvalue weighted by Gasteiger charge is 2.14. The van der Waals surface area contributed by atoms with Crippen molar-refractivity contribution in [3.8, 4) is 22.8 Å². The number of fused-ring (bicyclic) bond motifs is 1. The first-order valence-corrected chi connectivity index (χ1v) is 9.17. The van der Waals surface area contributed by atoms with Crippen LogP contribution in [0.1, 0.15) is 19.8 Å². The Labute approximate surface area is 158 Å². The van der Waals surface area contributed by atoms with Gasteiger partial charge < -0.3 is 20.1 Å². The Balaban J connectivity index is 1.63. The number of benzene rings is 2. The molecule has 0 aliphatic carbocycles. The lowest BCUT2D eigenvalue weighted by Crippen LogP contribution is -2.07. The topological polar surface area (TPSA) is 68.3 Å². The number of nitrogens with zero attached hydrogens (tertiary/aromatic N) is 2. The van der Waals surface area contributed by atoms with Crippen LogP contribution in [-0.4, -0.2) is 23.3 Å². The Morgan fingerprint density at radius 2 is 1.81 bits per heavy atom. The van der Waals surface area contributed by atoms with Gasteiger partial charge in [-0.2, -0.15) is 4.98 Å². The fourth-order valence-electron chi connectivity index (χ4n) is 2.85. The van der Waals surface area contributed by atoms with Crippen molar-refractivity contribution in [1.82, 2.24) is 9.97 Å². The van der Waals surface area contributed by atoms with Crippen molar-refractivity contribution in [3.05, 3.63) is 54.6 Å². The van der Waals surface area contributed by atoms with E-state index in [0.29, 0.717) is 5.95 Å². The van der Waals surface area contributed by atoms with Crippen LogP contribution in [0.4, 0.5) is 17.5 Å². The summed E-state index contributed by atoms with van der Waals surface area (Å²) in [5, 5.41) is 6.66. The van der Waals surface area contributed by atoms with Crippen LogP contribution in [0.5, 0.6) is 11.5 Å². The highest BCUT2D eigenvalue weighted by atomic mass is 16.7. The number of hydrogen-bond acceptors (Lipinski definition) is 6. The Morgan fingerprint density at radius 1 is 0.963 bits per heavy atom. The van der Waals surface area contributed by atoms with E-state index in [1.807, 2.05) is 54.6 Å². The summed E-state index contributed by atoms with van der Waals surface area (Å²) in [6, 6.07) is 17.8. The molecule has 0 atom stereocenters. The van der Waals surface area contributed by atoms with Gasteiger partial charge in [0.25, 0.3) is 0 Å². The molecule has 27 heavy (non-hydrogen) atoms. The van der Waals surface area contributed by atoms with Gasteiger partial charge in [-0.25, -0.2) is 4.98 Å². The molecule has 1 aliphatic heterocycles. The monoisotopic (exact) mass is 362 g/mol. The van der Waals surface area contributed by atoms with Crippen molar-refractivity contribution < 1.29 is 9.47 Å². The second kappa shape index (κ2) is 7.95. The molecule has 1 aromatic heterocycles. The molecule has 0 radical (unpaired) electrons. The number of nitrogens with one attached hydrogen (secondary N) is 2. The van der Waals surface area contributed by atoms with E-state index in [2.05, 4.69) is 27.5 Å². The Morgan fingerprint density at radius 3 is 2.67 bits per heavy atom. The van der Waals surface area contributed by atoms with Crippen LogP contribution in [0, 0.1) is 0 Å². The van der Waals surface area contributed by atoms with E-state index in [1.165, 1.54) is 0 Å². The summed E-state index contributed by atoms with van der Waals surface area (Å²) in [4.78, 5) is 9.28. The molecule has 0 amide bonds. The van der Waals surface area contributed by atoms with Gasteiger partial charge in [0.2, 0.25) is 12.7 Å². The zero-order valence-corrected chi connectivity index (χ0v) is 15.2. The van der Waals surface area contributed by atoms with Crippen LogP contribution < -0.4 is 20.1 Å². The second-order valence-electron chi connectivity index (χ2n) is 6.30. The molecule has 6 nitrogen and oxygen atoms in total. The van der Waals surface area contributed by atoms with Gasteiger partial charge in [-0.05, 0) is 18.6 Å². The summed E-state index contributed by atoms with van der Waals surface area (Å²) >= 11 is 0. The minimum absolute atomic E-state index is 0.260. The average Bonchev–Trinajstić information content (AvgIpc) is 3.17. The summed E-state index contributed by atoms with van der Waals surface area (Å²) in [5.41, 5.74) is 2.80. The normalized spacial score (nSPS) is 12.0. The van der Waals surface area contributed by atoms with E-state index in [-0.39, 0.29) is 6.79 Å². The zero-order valence-electron chi connectivity index (χ0n) is 15.2. The predicted octanol–water partition coefficient (Wildman–Crippen LogP) is 4.83. The molecule has 3 aromatic rings. The van der Waals surface area contributed by atoms with Gasteiger partial charge in [-0.15, -0.1) is 0 Å². The Hall–Kier alpha value is -3.28. The minimum atomic E-state index is 0.260. The first-order valence-electron chi connectivity index (χ1n) is 9.17. The molecule has 0 saturated heterocycles. The third-order valence-corrected chi connectivity index (χ3v) is 4.25. The number of aromatic nitrogens is 2. The molecule has 2 N–H and O–H groups in total. The molecule has 0 fully saturated rings. The van der Waals surface area contributed by atoms with E-state index in [0.717, 1.165) is 53.6 Å². The van der Waals surface area contributed by atoms with Crippen LogP contribution in [0.2, 0.25) is 0 Å². The molecule has 0 unspecified atom stereocenters. The maximum Gasteiger partial charge on any atom is 0.231 e. The van der Waals surface area contributed by atoms with Crippen molar-refractivity contribution in [3.63, 3.8) is 0 Å². The first-order chi connectivity index (χ1) is 13.3. The van der Waals surface area contributed by atoms with Gasteiger partial charge in [0.05, 0.1) is 5.69 Å². The molecule has 0 saturated carbocycles. The molecular weight excluding hydrogens is 340 g/mol. The molecule has 138 valence electrons. The van der Waals surface area contributed by atoms with E-state index in [4.69, 9.17) is 9.47 Å². The van der Waals surface area contributed by atoms with Crippen LogP contribution in [0.3, 0.4) is 0 Å². The van der Waals surface area contributed by atoms with Crippen molar-refractivity contribution >= 4 is 17.5 Å². The summed E-state index contributed by atoms with van der Waals surface area (Å²) in [5.74, 6) is 2.84. The van der Waals surface area contributed by atoms with E-state index in [1.54, 1.807) is 0 Å². The maximum atomic E-state index is 5.45. The van der Waals surface area contributed by atoms with Gasteiger partial charge in [0.15, 0.2) is 11.5 Å². The lowest BCUT2D eigenvalue weighted by atomic mass is 10.1. The quantitative estimate of drug-likeness (QED) is 0.587. The molecule has 6 heteroatoms. The molecule has 1 aliphatic rings. The van der Waals surface area contributed by atoms with E-state index < -0.39 is 0 Å². The van der Waals surface area contributed by atoms with Crippen molar-refractivity contribution in [2.45, 2.75) is 19.8 Å². The summed E-state index contributed by atoms with van der Waals surface area (Å²) in [7, 11) is 0. The molecule has 2 aromatic carbocycles.